The second-order valence-corrected chi connectivity index (χ2v) is 5.86. The largest absolute Gasteiger partial charge is 0.338 e. The second-order valence-electron chi connectivity index (χ2n) is 5.86. The van der Waals surface area contributed by atoms with Crippen LogP contribution >= 0.6 is 0 Å². The fourth-order valence-corrected chi connectivity index (χ4v) is 2.99. The molecule has 1 aromatic carbocycles. The van der Waals surface area contributed by atoms with Gasteiger partial charge in [0.2, 0.25) is 0 Å². The molecule has 0 saturated carbocycles. The number of carbonyl (C=O) groups excluding carboxylic acids is 1. The number of nitrogens with one attached hydrogen (secondary N) is 1. The van der Waals surface area contributed by atoms with E-state index < -0.39 is 0 Å². The summed E-state index contributed by atoms with van der Waals surface area (Å²) >= 11 is 0. The van der Waals surface area contributed by atoms with Crippen molar-refractivity contribution in [2.24, 2.45) is 13.0 Å². The van der Waals surface area contributed by atoms with Crippen molar-refractivity contribution < 1.29 is 4.79 Å². The van der Waals surface area contributed by atoms with E-state index in [9.17, 15) is 10.1 Å². The number of carbonyl (C=O) groups is 1. The molecule has 2 atom stereocenters. The van der Waals surface area contributed by atoms with Crippen molar-refractivity contribution in [1.82, 2.24) is 30.4 Å². The molecule has 0 spiro atoms. The predicted molar refractivity (Wildman–Crippen MR) is 85.8 cm³/mol. The molecule has 1 saturated heterocycles. The van der Waals surface area contributed by atoms with Crippen LogP contribution in [0.4, 0.5) is 4.79 Å². The van der Waals surface area contributed by atoms with Gasteiger partial charge in [-0.25, -0.2) is 9.48 Å². The summed E-state index contributed by atoms with van der Waals surface area (Å²) in [4.78, 5) is 14.1. The van der Waals surface area contributed by atoms with Gasteiger partial charge < -0.3 is 10.2 Å². The van der Waals surface area contributed by atoms with Crippen LogP contribution in [0.3, 0.4) is 0 Å². The lowest BCUT2D eigenvalue weighted by atomic mass is 9.90. The lowest BCUT2D eigenvalue weighted by Crippen LogP contribution is -2.39. The molecule has 124 valence electrons. The van der Waals surface area contributed by atoms with Crippen molar-refractivity contribution in [2.75, 3.05) is 19.6 Å². The Morgan fingerprint density at radius 2 is 2.17 bits per heavy atom. The predicted octanol–water partition coefficient (Wildman–Crippen LogP) is 0.701. The highest BCUT2D eigenvalue weighted by atomic mass is 16.2. The Labute approximate surface area is 140 Å². The number of amides is 2. The van der Waals surface area contributed by atoms with Crippen LogP contribution in [0.2, 0.25) is 0 Å². The number of urea groups is 1. The van der Waals surface area contributed by atoms with Gasteiger partial charge in [-0.2, -0.15) is 5.26 Å². The van der Waals surface area contributed by atoms with Crippen LogP contribution < -0.4 is 5.32 Å². The Hall–Kier alpha value is -2.95. The zero-order chi connectivity index (χ0) is 16.9. The fraction of sp³-hybridized carbons (Fsp3) is 0.438. The maximum Gasteiger partial charge on any atom is 0.317 e. The molecule has 2 heterocycles. The van der Waals surface area contributed by atoms with E-state index in [2.05, 4.69) is 26.9 Å². The Bertz CT molecular complexity index is 736. The highest BCUT2D eigenvalue weighted by Crippen LogP contribution is 2.32. The lowest BCUT2D eigenvalue weighted by molar-refractivity contribution is 0.207. The van der Waals surface area contributed by atoms with E-state index in [0.717, 1.165) is 5.56 Å². The summed E-state index contributed by atoms with van der Waals surface area (Å²) < 4.78 is 1.58. The van der Waals surface area contributed by atoms with Gasteiger partial charge in [-0.1, -0.05) is 30.3 Å². The number of hydrogen-bond donors (Lipinski definition) is 1. The summed E-state index contributed by atoms with van der Waals surface area (Å²) in [7, 11) is 1.76. The molecule has 24 heavy (non-hydrogen) atoms. The molecule has 1 N–H and O–H groups in total. The van der Waals surface area contributed by atoms with Crippen LogP contribution in [-0.4, -0.2) is 50.8 Å². The molecular weight excluding hydrogens is 306 g/mol. The smallest absolute Gasteiger partial charge is 0.317 e. The quantitative estimate of drug-likeness (QED) is 0.892. The summed E-state index contributed by atoms with van der Waals surface area (Å²) in [5.74, 6) is 0.597. The van der Waals surface area contributed by atoms with Gasteiger partial charge in [0.1, 0.15) is 0 Å². The van der Waals surface area contributed by atoms with Crippen molar-refractivity contribution in [3.8, 4) is 6.07 Å². The number of hydrogen-bond acceptors (Lipinski definition) is 5. The number of nitriles is 1. The minimum Gasteiger partial charge on any atom is -0.338 e. The van der Waals surface area contributed by atoms with E-state index >= 15 is 0 Å². The summed E-state index contributed by atoms with van der Waals surface area (Å²) in [5.41, 5.74) is 1.10. The Kier molecular flexibility index (Phi) is 4.70. The first kappa shape index (κ1) is 15.9. The van der Waals surface area contributed by atoms with Crippen molar-refractivity contribution in [3.05, 3.63) is 41.7 Å². The topological polar surface area (TPSA) is 99.7 Å². The third-order valence-electron chi connectivity index (χ3n) is 4.33. The number of rotatable bonds is 4. The molecule has 1 aliphatic rings. The van der Waals surface area contributed by atoms with E-state index in [1.807, 2.05) is 30.3 Å². The van der Waals surface area contributed by atoms with Gasteiger partial charge in [0.15, 0.2) is 5.82 Å². The van der Waals surface area contributed by atoms with Gasteiger partial charge in [0.05, 0.1) is 12.0 Å². The second kappa shape index (κ2) is 7.08. The van der Waals surface area contributed by atoms with Gasteiger partial charge in [-0.15, -0.1) is 5.10 Å². The van der Waals surface area contributed by atoms with Gasteiger partial charge in [0, 0.05) is 39.0 Å². The normalized spacial score (nSPS) is 19.9. The molecule has 2 amide bonds. The molecule has 2 aromatic rings. The maximum atomic E-state index is 12.3. The first-order valence-corrected chi connectivity index (χ1v) is 7.87. The van der Waals surface area contributed by atoms with E-state index in [4.69, 9.17) is 0 Å². The molecule has 0 unspecified atom stereocenters. The molecule has 1 aliphatic heterocycles. The summed E-state index contributed by atoms with van der Waals surface area (Å²) in [6, 6.07) is 12.1. The zero-order valence-electron chi connectivity index (χ0n) is 13.5. The minimum absolute atomic E-state index is 0.0601. The van der Waals surface area contributed by atoms with Crippen LogP contribution in [0.5, 0.6) is 0 Å². The highest BCUT2D eigenvalue weighted by Gasteiger charge is 2.36. The van der Waals surface area contributed by atoms with Gasteiger partial charge in [-0.3, -0.25) is 0 Å². The molecule has 0 bridgehead atoms. The van der Waals surface area contributed by atoms with Crippen molar-refractivity contribution in [1.29, 1.82) is 5.26 Å². The Morgan fingerprint density at radius 3 is 2.83 bits per heavy atom. The molecule has 1 aromatic heterocycles. The Morgan fingerprint density at radius 1 is 1.38 bits per heavy atom. The van der Waals surface area contributed by atoms with Gasteiger partial charge in [-0.05, 0) is 16.0 Å². The van der Waals surface area contributed by atoms with E-state index in [-0.39, 0.29) is 17.9 Å². The van der Waals surface area contributed by atoms with Crippen molar-refractivity contribution >= 4 is 6.03 Å². The highest BCUT2D eigenvalue weighted by molar-refractivity contribution is 5.74. The maximum absolute atomic E-state index is 12.3. The third kappa shape index (κ3) is 3.35. The number of tetrazole rings is 1. The van der Waals surface area contributed by atoms with Gasteiger partial charge >= 0.3 is 6.03 Å². The fourth-order valence-electron chi connectivity index (χ4n) is 2.99. The third-order valence-corrected chi connectivity index (χ3v) is 4.33. The van der Waals surface area contributed by atoms with Crippen LogP contribution in [0, 0.1) is 17.2 Å². The summed E-state index contributed by atoms with van der Waals surface area (Å²) in [5, 5.41) is 23.5. The van der Waals surface area contributed by atoms with E-state index in [1.165, 1.54) is 0 Å². The molecule has 3 rings (SSSR count). The molecular formula is C16H19N7O. The minimum atomic E-state index is -0.180. The average molecular weight is 325 g/mol. The van der Waals surface area contributed by atoms with E-state index in [1.54, 1.807) is 16.6 Å². The van der Waals surface area contributed by atoms with Crippen LogP contribution in [0.25, 0.3) is 0 Å². The van der Waals surface area contributed by atoms with Crippen LogP contribution in [0.1, 0.15) is 17.3 Å². The molecule has 0 radical (unpaired) electrons. The molecule has 0 aliphatic carbocycles. The van der Waals surface area contributed by atoms with E-state index in [0.29, 0.717) is 31.9 Å². The lowest BCUT2D eigenvalue weighted by Gasteiger charge is -2.17. The van der Waals surface area contributed by atoms with Crippen LogP contribution in [-0.2, 0) is 13.5 Å². The van der Waals surface area contributed by atoms with Gasteiger partial charge in [0.25, 0.3) is 0 Å². The Balaban J connectivity index is 1.56. The van der Waals surface area contributed by atoms with Crippen molar-refractivity contribution in [3.63, 3.8) is 0 Å². The average Bonchev–Trinajstić information content (AvgIpc) is 3.22. The standard InChI is InChI=1S/C16H19N7O/c1-22-15(19-20-21-22)7-8-18-16(24)23-10-13(9-17)14(11-23)12-5-3-2-4-6-12/h2-6,13-14H,7-8,10-11H2,1H3,(H,18,24)/t13-,14+/m1/s1. The van der Waals surface area contributed by atoms with Crippen molar-refractivity contribution in [2.45, 2.75) is 12.3 Å². The summed E-state index contributed by atoms with van der Waals surface area (Å²) in [6.07, 6.45) is 0.562. The number of aromatic nitrogens is 4. The molecule has 8 heteroatoms. The van der Waals surface area contributed by atoms with Crippen LogP contribution in [0.15, 0.2) is 30.3 Å². The monoisotopic (exact) mass is 325 g/mol. The first-order chi connectivity index (χ1) is 11.7. The number of aryl methyl sites for hydroxylation is 1. The SMILES string of the molecule is Cn1nnnc1CCNC(=O)N1C[C@@H](C#N)[C@H](c2ccccc2)C1. The number of likely N-dealkylation sites (tertiary alicyclic amines) is 1. The molecule has 1 fully saturated rings. The zero-order valence-corrected chi connectivity index (χ0v) is 13.5. The number of benzene rings is 1. The first-order valence-electron chi connectivity index (χ1n) is 7.87. The molecule has 8 nitrogen and oxygen atoms in total. The summed E-state index contributed by atoms with van der Waals surface area (Å²) in [6.45, 7) is 1.46. The number of nitrogens with zero attached hydrogens (tertiary/aromatic N) is 6.